The minimum Gasteiger partial charge on any atom is -0.447 e. The number of nitriles is 1. The summed E-state index contributed by atoms with van der Waals surface area (Å²) in [6.07, 6.45) is -4.75. The number of amides is 4. The molecule has 0 atom stereocenters. The number of imide groups is 1. The molecule has 9 nitrogen and oxygen atoms in total. The van der Waals surface area contributed by atoms with Crippen molar-refractivity contribution in [1.29, 1.82) is 5.26 Å². The highest BCUT2D eigenvalue weighted by molar-refractivity contribution is 6.23. The van der Waals surface area contributed by atoms with Crippen LogP contribution in [-0.2, 0) is 15.7 Å². The Bertz CT molecular complexity index is 997. The molecule has 0 bridgehead atoms. The van der Waals surface area contributed by atoms with Gasteiger partial charge in [-0.15, -0.1) is 0 Å². The largest absolute Gasteiger partial charge is 0.447 e. The number of benzene rings is 1. The van der Waals surface area contributed by atoms with E-state index in [4.69, 9.17) is 15.1 Å². The highest BCUT2D eigenvalue weighted by Crippen LogP contribution is 2.39. The molecule has 0 spiro atoms. The number of hydrogen-bond acceptors (Lipinski definition) is 6. The summed E-state index contributed by atoms with van der Waals surface area (Å²) in [7, 11) is 0. The van der Waals surface area contributed by atoms with E-state index in [0.29, 0.717) is 23.8 Å². The molecule has 3 rings (SSSR count). The minimum absolute atomic E-state index is 0.135. The van der Waals surface area contributed by atoms with Crippen molar-refractivity contribution in [3.05, 3.63) is 29.3 Å². The first-order valence-corrected chi connectivity index (χ1v) is 10.2. The summed E-state index contributed by atoms with van der Waals surface area (Å²) in [4.78, 5) is 41.8. The maximum absolute atomic E-state index is 13.4. The van der Waals surface area contributed by atoms with Crippen molar-refractivity contribution in [3.8, 4) is 6.07 Å². The smallest absolute Gasteiger partial charge is 0.417 e. The van der Waals surface area contributed by atoms with E-state index >= 15 is 0 Å². The monoisotopic (exact) mass is 468 g/mol. The summed E-state index contributed by atoms with van der Waals surface area (Å²) in [6, 6.07) is 2.99. The van der Waals surface area contributed by atoms with E-state index in [1.165, 1.54) is 29.7 Å². The van der Waals surface area contributed by atoms with Gasteiger partial charge in [0.15, 0.2) is 0 Å². The number of carbonyl (C=O) groups is 3. The van der Waals surface area contributed by atoms with Crippen LogP contribution in [0.5, 0.6) is 0 Å². The zero-order chi connectivity index (χ0) is 24.6. The average molecular weight is 468 g/mol. The normalized spacial score (nSPS) is 19.1. The Morgan fingerprint density at radius 1 is 1.27 bits per heavy atom. The van der Waals surface area contributed by atoms with Gasteiger partial charge in [-0.25, -0.2) is 14.5 Å². The molecule has 0 saturated carbocycles. The predicted octanol–water partition coefficient (Wildman–Crippen LogP) is 2.72. The second kappa shape index (κ2) is 8.90. The number of ether oxygens (including phenoxy) is 1. The third-order valence-electron chi connectivity index (χ3n) is 5.82. The van der Waals surface area contributed by atoms with Gasteiger partial charge in [0.1, 0.15) is 12.1 Å². The van der Waals surface area contributed by atoms with Gasteiger partial charge in [-0.1, -0.05) is 0 Å². The lowest BCUT2D eigenvalue weighted by molar-refractivity contribution is -0.137. The van der Waals surface area contributed by atoms with Crippen molar-refractivity contribution < 1.29 is 37.4 Å². The number of halogens is 3. The van der Waals surface area contributed by atoms with Crippen molar-refractivity contribution in [1.82, 2.24) is 9.80 Å². The summed E-state index contributed by atoms with van der Waals surface area (Å²) in [5.41, 5.74) is -3.43. The average Bonchev–Trinajstić information content (AvgIpc) is 2.94. The number of anilines is 1. The molecule has 0 aromatic heterocycles. The van der Waals surface area contributed by atoms with Crippen molar-refractivity contribution in [2.75, 3.05) is 31.2 Å². The van der Waals surface area contributed by atoms with Crippen molar-refractivity contribution in [2.24, 2.45) is 0 Å². The number of aliphatic hydroxyl groups is 1. The van der Waals surface area contributed by atoms with E-state index in [2.05, 4.69) is 0 Å². The number of piperidine rings is 1. The number of likely N-dealkylation sites (tertiary alicyclic amines) is 1. The van der Waals surface area contributed by atoms with Crippen LogP contribution in [0, 0.1) is 11.3 Å². The van der Waals surface area contributed by atoms with Gasteiger partial charge in [-0.3, -0.25) is 4.79 Å². The molecule has 0 unspecified atom stereocenters. The topological polar surface area (TPSA) is 114 Å². The molecule has 0 aliphatic carbocycles. The maximum atomic E-state index is 13.4. The van der Waals surface area contributed by atoms with Gasteiger partial charge in [-0.2, -0.15) is 18.4 Å². The number of nitrogens with zero attached hydrogens (tertiary/aromatic N) is 4. The van der Waals surface area contributed by atoms with Crippen molar-refractivity contribution in [3.63, 3.8) is 0 Å². The lowest BCUT2D eigenvalue weighted by atomic mass is 9.96. The van der Waals surface area contributed by atoms with E-state index in [1.807, 2.05) is 0 Å². The molecule has 12 heteroatoms. The maximum Gasteiger partial charge on any atom is 0.417 e. The Labute approximate surface area is 187 Å². The molecule has 178 valence electrons. The Morgan fingerprint density at radius 3 is 2.45 bits per heavy atom. The molecule has 0 radical (unpaired) electrons. The third-order valence-corrected chi connectivity index (χ3v) is 5.82. The van der Waals surface area contributed by atoms with Crippen molar-refractivity contribution >= 4 is 23.7 Å². The summed E-state index contributed by atoms with van der Waals surface area (Å²) in [6.45, 7) is 3.09. The first kappa shape index (κ1) is 24.3. The highest BCUT2D eigenvalue weighted by Gasteiger charge is 2.55. The molecule has 1 aromatic carbocycles. The van der Waals surface area contributed by atoms with E-state index in [9.17, 15) is 27.6 Å². The fourth-order valence-electron chi connectivity index (χ4n) is 4.18. The Balaban J connectivity index is 1.84. The molecule has 1 N–H and O–H groups in total. The van der Waals surface area contributed by atoms with Gasteiger partial charge < -0.3 is 19.6 Å². The SMILES string of the molecule is CC1(C)C(=O)N(c2ccc(C#N)c(C(F)(F)F)c2)C(=O)N1C1CCN(C(=O)OCCO)CC1. The summed E-state index contributed by atoms with van der Waals surface area (Å²) in [5.74, 6) is -0.685. The van der Waals surface area contributed by atoms with E-state index < -0.39 is 46.9 Å². The Hall–Kier alpha value is -3.33. The fraction of sp³-hybridized carbons (Fsp3) is 0.524. The zero-order valence-electron chi connectivity index (χ0n) is 18.1. The summed E-state index contributed by atoms with van der Waals surface area (Å²) < 4.78 is 45.1. The number of urea groups is 1. The van der Waals surface area contributed by atoms with Crippen molar-refractivity contribution in [2.45, 2.75) is 44.4 Å². The van der Waals surface area contributed by atoms with Crippen LogP contribution >= 0.6 is 0 Å². The van der Waals surface area contributed by atoms with Crippen LogP contribution in [-0.4, -0.2) is 70.8 Å². The molecule has 2 saturated heterocycles. The minimum atomic E-state index is -4.83. The van der Waals surface area contributed by atoms with E-state index in [0.717, 1.165) is 12.1 Å². The van der Waals surface area contributed by atoms with Gasteiger partial charge in [-0.05, 0) is 44.9 Å². The molecular formula is C21H23F3N4O5. The molecule has 2 aliphatic heterocycles. The lowest BCUT2D eigenvalue weighted by Gasteiger charge is -2.40. The molecule has 2 fully saturated rings. The van der Waals surface area contributed by atoms with Crippen LogP contribution in [0.4, 0.5) is 28.4 Å². The third kappa shape index (κ3) is 4.45. The second-order valence-electron chi connectivity index (χ2n) is 8.25. The van der Waals surface area contributed by atoms with Gasteiger partial charge in [0.05, 0.1) is 29.5 Å². The van der Waals surface area contributed by atoms with Crippen LogP contribution in [0.1, 0.15) is 37.8 Å². The number of rotatable bonds is 4. The first-order chi connectivity index (χ1) is 15.4. The Kier molecular flexibility index (Phi) is 6.56. The molecule has 33 heavy (non-hydrogen) atoms. The molecule has 4 amide bonds. The molecule has 2 heterocycles. The number of aliphatic hydroxyl groups excluding tert-OH is 1. The van der Waals surface area contributed by atoms with E-state index in [1.54, 1.807) is 0 Å². The van der Waals surface area contributed by atoms with Gasteiger partial charge in [0.25, 0.3) is 5.91 Å². The van der Waals surface area contributed by atoms with Gasteiger partial charge in [0.2, 0.25) is 0 Å². The number of alkyl halides is 3. The number of carbonyl (C=O) groups excluding carboxylic acids is 3. The molecule has 2 aliphatic rings. The highest BCUT2D eigenvalue weighted by atomic mass is 19.4. The number of hydrogen-bond donors (Lipinski definition) is 1. The van der Waals surface area contributed by atoms with Crippen LogP contribution in [0.3, 0.4) is 0 Å². The lowest BCUT2D eigenvalue weighted by Crippen LogP contribution is -2.54. The first-order valence-electron chi connectivity index (χ1n) is 10.2. The van der Waals surface area contributed by atoms with Gasteiger partial charge in [0, 0.05) is 19.1 Å². The summed E-state index contributed by atoms with van der Waals surface area (Å²) in [5, 5.41) is 17.8. The Morgan fingerprint density at radius 2 is 1.91 bits per heavy atom. The molecular weight excluding hydrogens is 445 g/mol. The quantitative estimate of drug-likeness (QED) is 0.680. The van der Waals surface area contributed by atoms with Gasteiger partial charge >= 0.3 is 18.3 Å². The van der Waals surface area contributed by atoms with Crippen LogP contribution in [0.2, 0.25) is 0 Å². The summed E-state index contributed by atoms with van der Waals surface area (Å²) >= 11 is 0. The van der Waals surface area contributed by atoms with Crippen LogP contribution in [0.25, 0.3) is 0 Å². The van der Waals surface area contributed by atoms with Crippen LogP contribution in [0.15, 0.2) is 18.2 Å². The standard InChI is InChI=1S/C21H23F3N4O5/c1-20(2)17(30)27(15-4-3-13(12-25)16(11-15)21(22,23)24)18(31)28(20)14-5-7-26(8-6-14)19(32)33-10-9-29/h3-4,11,14,29H,5-10H2,1-2H3. The second-order valence-corrected chi connectivity index (χ2v) is 8.25. The van der Waals surface area contributed by atoms with E-state index in [-0.39, 0.29) is 32.0 Å². The predicted molar refractivity (Wildman–Crippen MR) is 108 cm³/mol. The zero-order valence-corrected chi connectivity index (χ0v) is 18.1. The molecule has 1 aromatic rings. The van der Waals surface area contributed by atoms with Crippen LogP contribution < -0.4 is 4.90 Å². The fourth-order valence-corrected chi connectivity index (χ4v) is 4.18.